The van der Waals surface area contributed by atoms with Crippen molar-refractivity contribution in [3.8, 4) is 0 Å². The monoisotopic (exact) mass is 363 g/mol. The minimum atomic E-state index is -0.393. The third kappa shape index (κ3) is 12.7. The average molecular weight is 363 g/mol. The van der Waals surface area contributed by atoms with E-state index in [0.717, 1.165) is 39.3 Å². The zero-order valence-corrected chi connectivity index (χ0v) is 16.4. The van der Waals surface area contributed by atoms with Gasteiger partial charge in [-0.15, -0.1) is 0 Å². The van der Waals surface area contributed by atoms with Crippen molar-refractivity contribution in [3.63, 3.8) is 0 Å². The fraction of sp³-hybridized carbons (Fsp3) is 1.00. The maximum atomic E-state index is 5.13. The Bertz CT molecular complexity index is 247. The molecule has 13 heteroatoms. The summed E-state index contributed by atoms with van der Waals surface area (Å²) in [4.78, 5) is 1.38. The van der Waals surface area contributed by atoms with E-state index in [-0.39, 0.29) is 0 Å². The summed E-state index contributed by atoms with van der Waals surface area (Å²) in [6.45, 7) is 5.00. The summed E-state index contributed by atoms with van der Waals surface area (Å²) in [5.41, 5.74) is 0. The minimum absolute atomic E-state index is 0.393. The lowest BCUT2D eigenvalue weighted by Crippen LogP contribution is -3.14. The van der Waals surface area contributed by atoms with E-state index in [1.807, 2.05) is 0 Å². The molecule has 0 spiro atoms. The molecule has 0 bridgehead atoms. The Morgan fingerprint density at radius 2 is 0.760 bits per heavy atom. The number of rotatable bonds is 18. The maximum Gasteiger partial charge on any atom is 0.554 e. The van der Waals surface area contributed by atoms with Crippen molar-refractivity contribution >= 4 is 21.8 Å². The summed E-state index contributed by atoms with van der Waals surface area (Å²) in [5, 5.41) is 9.56. The van der Waals surface area contributed by atoms with Crippen LogP contribution in [0.5, 0.6) is 0 Å². The second-order valence-corrected chi connectivity index (χ2v) is 5.27. The first-order valence-corrected chi connectivity index (χ1v) is 8.35. The molecule has 0 aliphatic heterocycles. The van der Waals surface area contributed by atoms with Gasteiger partial charge in [-0.1, -0.05) is 0 Å². The quantitative estimate of drug-likeness (QED) is 0.185. The molecular weight excluding hydrogens is 329 g/mol. The highest BCUT2D eigenvalue weighted by Crippen LogP contribution is 1.78. The summed E-state index contributed by atoms with van der Waals surface area (Å²) in [7, 11) is 8.43. The van der Waals surface area contributed by atoms with Gasteiger partial charge in [0.2, 0.25) is 0 Å². The van der Waals surface area contributed by atoms with Crippen LogP contribution in [0.4, 0.5) is 0 Å². The van der Waals surface area contributed by atoms with Crippen LogP contribution in [0, 0.1) is 0 Å². The number of hydrogen-bond acceptors (Lipinski definition) is 9. The second-order valence-electron chi connectivity index (χ2n) is 5.27. The minimum Gasteiger partial charge on any atom is -0.400 e. The molecule has 0 aromatic heterocycles. The summed E-state index contributed by atoms with van der Waals surface area (Å²) in [5.74, 6) is 0. The Kier molecular flexibility index (Phi) is 17.1. The molecule has 0 radical (unpaired) electrons. The maximum absolute atomic E-state index is 5.13. The highest BCUT2D eigenvalue weighted by atomic mass is 16.6. The summed E-state index contributed by atoms with van der Waals surface area (Å²) in [6.07, 6.45) is 0. The molecule has 4 N–H and O–H groups in total. The third-order valence-corrected chi connectivity index (χ3v) is 3.65. The highest BCUT2D eigenvalue weighted by Gasteiger charge is 2.19. The largest absolute Gasteiger partial charge is 0.554 e. The van der Waals surface area contributed by atoms with E-state index in [9.17, 15) is 0 Å². The first-order valence-electron chi connectivity index (χ1n) is 8.35. The van der Waals surface area contributed by atoms with Gasteiger partial charge in [-0.2, -0.15) is 0 Å². The molecule has 0 aliphatic rings. The molecule has 0 rings (SSSR count). The van der Waals surface area contributed by atoms with Crippen molar-refractivity contribution in [2.45, 2.75) is 0 Å². The zero-order valence-electron chi connectivity index (χ0n) is 16.4. The van der Waals surface area contributed by atoms with Crippen LogP contribution in [0.15, 0.2) is 0 Å². The van der Waals surface area contributed by atoms with E-state index in [4.69, 9.17) is 27.9 Å². The van der Waals surface area contributed by atoms with Gasteiger partial charge in [-0.05, 0) is 0 Å². The summed E-state index contributed by atoms with van der Waals surface area (Å²) in [6, 6.07) is 0. The van der Waals surface area contributed by atoms with Gasteiger partial charge in [-0.25, -0.2) is 0 Å². The Labute approximate surface area is 153 Å². The predicted molar refractivity (Wildman–Crippen MR) is 98.9 cm³/mol. The molecule has 0 saturated carbocycles. The lowest BCUT2D eigenvalue weighted by Gasteiger charge is -2.22. The molecule has 0 amide bonds. The molecule has 0 aromatic rings. The molecule has 0 heterocycles. The molecule has 0 fully saturated rings. The molecule has 146 valence electrons. The normalized spacial score (nSPS) is 11.2. The van der Waals surface area contributed by atoms with Crippen molar-refractivity contribution in [1.29, 1.82) is 0 Å². The van der Waals surface area contributed by atoms with Crippen molar-refractivity contribution in [3.05, 3.63) is 0 Å². The lowest BCUT2D eigenvalue weighted by molar-refractivity contribution is -0.896. The predicted octanol–water partition coefficient (Wildman–Crippen LogP) is -3.53. The van der Waals surface area contributed by atoms with E-state index < -0.39 is 21.8 Å². The van der Waals surface area contributed by atoms with E-state index in [0.29, 0.717) is 0 Å². The fourth-order valence-corrected chi connectivity index (χ4v) is 2.26. The first-order chi connectivity index (χ1) is 12.1. The lowest BCUT2D eigenvalue weighted by atomic mass is 10.1. The van der Waals surface area contributed by atoms with Gasteiger partial charge in [0.25, 0.3) is 0 Å². The van der Waals surface area contributed by atoms with Crippen LogP contribution >= 0.6 is 0 Å². The second kappa shape index (κ2) is 17.2. The van der Waals surface area contributed by atoms with E-state index >= 15 is 0 Å². The topological polar surface area (TPSA) is 95.9 Å². The summed E-state index contributed by atoms with van der Waals surface area (Å²) >= 11 is 0. The van der Waals surface area contributed by atoms with Crippen molar-refractivity contribution in [1.82, 2.24) is 15.7 Å². The van der Waals surface area contributed by atoms with E-state index in [1.165, 1.54) is 4.90 Å². The molecular formula is C12H34B3N4O6+. The zero-order chi connectivity index (χ0) is 18.9. The molecule has 0 aromatic carbocycles. The Hall–Kier alpha value is -0.205. The van der Waals surface area contributed by atoms with E-state index in [1.54, 1.807) is 42.7 Å². The Morgan fingerprint density at radius 3 is 0.960 bits per heavy atom. The fourth-order valence-electron chi connectivity index (χ4n) is 2.26. The molecule has 0 saturated heterocycles. The third-order valence-electron chi connectivity index (χ3n) is 3.65. The SMILES string of the molecule is COB(NCC[NH+](CCNB(OC)OC)CCNB(OC)OC)OC. The number of hydrogen-bond donors (Lipinski definition) is 4. The smallest absolute Gasteiger partial charge is 0.400 e. The van der Waals surface area contributed by atoms with Crippen molar-refractivity contribution < 1.29 is 32.8 Å². The van der Waals surface area contributed by atoms with Crippen LogP contribution < -0.4 is 20.6 Å². The highest BCUT2D eigenvalue weighted by molar-refractivity contribution is 6.41. The van der Waals surface area contributed by atoms with Gasteiger partial charge < -0.3 is 32.8 Å². The first kappa shape index (κ1) is 24.8. The van der Waals surface area contributed by atoms with Crippen LogP contribution in [0.25, 0.3) is 0 Å². The van der Waals surface area contributed by atoms with Crippen molar-refractivity contribution in [2.75, 3.05) is 81.9 Å². The molecule has 10 nitrogen and oxygen atoms in total. The standard InChI is InChI=1S/C12H33B3N4O6/c1-20-13(21-2)16-7-10-19(11-8-17-14(22-3)23-4)12-9-18-15(24-5)25-6/h16-18H,7-12H2,1-6H3/p+1. The van der Waals surface area contributed by atoms with Gasteiger partial charge in [0.1, 0.15) is 0 Å². The van der Waals surface area contributed by atoms with Crippen LogP contribution in [-0.2, 0) is 27.9 Å². The Balaban J connectivity index is 4.24. The van der Waals surface area contributed by atoms with Gasteiger partial charge in [-0.3, -0.25) is 15.7 Å². The van der Waals surface area contributed by atoms with Crippen LogP contribution in [0.1, 0.15) is 0 Å². The molecule has 25 heavy (non-hydrogen) atoms. The van der Waals surface area contributed by atoms with E-state index in [2.05, 4.69) is 15.7 Å². The molecule has 0 unspecified atom stereocenters. The van der Waals surface area contributed by atoms with Gasteiger partial charge >= 0.3 is 21.8 Å². The van der Waals surface area contributed by atoms with Crippen LogP contribution in [0.2, 0.25) is 0 Å². The summed E-state index contributed by atoms with van der Waals surface area (Å²) < 4.78 is 30.8. The van der Waals surface area contributed by atoms with Gasteiger partial charge in [0.05, 0.1) is 19.6 Å². The number of nitrogens with one attached hydrogen (secondary N) is 4. The Morgan fingerprint density at radius 1 is 0.520 bits per heavy atom. The average Bonchev–Trinajstić information content (AvgIpc) is 2.65. The van der Waals surface area contributed by atoms with Crippen molar-refractivity contribution in [2.24, 2.45) is 0 Å². The molecule has 0 atom stereocenters. The van der Waals surface area contributed by atoms with Crippen LogP contribution in [0.3, 0.4) is 0 Å². The van der Waals surface area contributed by atoms with Gasteiger partial charge in [0, 0.05) is 62.3 Å². The number of quaternary nitrogens is 1. The van der Waals surface area contributed by atoms with Gasteiger partial charge in [0.15, 0.2) is 0 Å². The molecule has 0 aliphatic carbocycles. The van der Waals surface area contributed by atoms with Crippen LogP contribution in [-0.4, -0.2) is 104 Å².